The van der Waals surface area contributed by atoms with Crippen LogP contribution in [0.15, 0.2) is 41.2 Å². The van der Waals surface area contributed by atoms with Crippen LogP contribution in [0.4, 0.5) is 0 Å². The largest absolute Gasteiger partial charge is 0.458 e. The molecule has 0 bridgehead atoms. The molecule has 3 rings (SSSR count). The number of ether oxygens (including phenoxy) is 1. The van der Waals surface area contributed by atoms with Gasteiger partial charge in [0.1, 0.15) is 6.61 Å². The lowest BCUT2D eigenvalue weighted by Gasteiger charge is -2.32. The molecule has 2 aromatic rings. The molecule has 1 aliphatic rings. The van der Waals surface area contributed by atoms with E-state index in [9.17, 15) is 14.7 Å². The number of nitrogens with zero attached hydrogens (tertiary/aromatic N) is 1. The molecule has 2 heterocycles. The van der Waals surface area contributed by atoms with Crippen LogP contribution < -0.4 is 5.56 Å². The van der Waals surface area contributed by atoms with E-state index in [2.05, 4.69) is 0 Å². The van der Waals surface area contributed by atoms with Crippen molar-refractivity contribution in [1.82, 2.24) is 4.57 Å². The Bertz CT molecular complexity index is 794. The lowest BCUT2D eigenvalue weighted by molar-refractivity contribution is -0.172. The third kappa shape index (κ3) is 1.97. The highest BCUT2D eigenvalue weighted by Gasteiger charge is 2.44. The molecule has 1 aromatic heterocycles. The minimum absolute atomic E-state index is 0.0990. The van der Waals surface area contributed by atoms with Crippen molar-refractivity contribution in [2.24, 2.45) is 7.05 Å². The van der Waals surface area contributed by atoms with Crippen molar-refractivity contribution < 1.29 is 14.6 Å². The highest BCUT2D eigenvalue weighted by Crippen LogP contribution is 2.34. The van der Waals surface area contributed by atoms with Gasteiger partial charge in [-0.25, -0.2) is 4.79 Å². The Labute approximate surface area is 127 Å². The van der Waals surface area contributed by atoms with Crippen LogP contribution in [0.1, 0.15) is 24.5 Å². The Balaban J connectivity index is 2.32. The second kappa shape index (κ2) is 5.10. The van der Waals surface area contributed by atoms with Gasteiger partial charge < -0.3 is 14.4 Å². The van der Waals surface area contributed by atoms with Gasteiger partial charge in [-0.1, -0.05) is 37.3 Å². The van der Waals surface area contributed by atoms with E-state index in [0.29, 0.717) is 16.8 Å². The maximum atomic E-state index is 12.6. The number of pyridine rings is 1. The van der Waals surface area contributed by atoms with Gasteiger partial charge in [-0.05, 0) is 18.1 Å². The number of aromatic nitrogens is 1. The predicted octanol–water partition coefficient (Wildman–Crippen LogP) is 1.71. The first kappa shape index (κ1) is 14.5. The standard InChI is InChI=1S/C17H17NO4/c1-3-17(21)13-9-14(11-7-5-4-6-8-11)18(2)15(19)12(13)10-22-16(17)20/h4-9,21H,3,10H2,1-2H3. The van der Waals surface area contributed by atoms with Crippen molar-refractivity contribution in [1.29, 1.82) is 0 Å². The van der Waals surface area contributed by atoms with E-state index < -0.39 is 11.6 Å². The Morgan fingerprint density at radius 1 is 1.27 bits per heavy atom. The fourth-order valence-electron chi connectivity index (χ4n) is 2.84. The molecule has 0 aliphatic carbocycles. The average molecular weight is 299 g/mol. The summed E-state index contributed by atoms with van der Waals surface area (Å²) >= 11 is 0. The zero-order valence-corrected chi connectivity index (χ0v) is 12.5. The number of aliphatic hydroxyl groups is 1. The molecule has 1 atom stereocenters. The molecule has 0 radical (unpaired) electrons. The van der Waals surface area contributed by atoms with Crippen LogP contribution in [-0.2, 0) is 28.8 Å². The summed E-state index contributed by atoms with van der Waals surface area (Å²) in [6, 6.07) is 11.1. The molecule has 0 saturated carbocycles. The fraction of sp³-hybridized carbons (Fsp3) is 0.294. The highest BCUT2D eigenvalue weighted by atomic mass is 16.6. The van der Waals surface area contributed by atoms with Crippen LogP contribution in [0.25, 0.3) is 11.3 Å². The van der Waals surface area contributed by atoms with Crippen molar-refractivity contribution >= 4 is 5.97 Å². The first-order valence-corrected chi connectivity index (χ1v) is 7.17. The minimum Gasteiger partial charge on any atom is -0.458 e. The number of fused-ring (bicyclic) bond motifs is 1. The molecule has 0 amide bonds. The molecular formula is C17H17NO4. The Morgan fingerprint density at radius 3 is 2.59 bits per heavy atom. The number of benzene rings is 1. The smallest absolute Gasteiger partial charge is 0.343 e. The van der Waals surface area contributed by atoms with Gasteiger partial charge >= 0.3 is 5.97 Å². The number of hydrogen-bond donors (Lipinski definition) is 1. The normalized spacial score (nSPS) is 20.4. The minimum atomic E-state index is -1.76. The van der Waals surface area contributed by atoms with Crippen molar-refractivity contribution in [2.75, 3.05) is 0 Å². The van der Waals surface area contributed by atoms with Gasteiger partial charge in [0.05, 0.1) is 11.3 Å². The summed E-state index contributed by atoms with van der Waals surface area (Å²) in [5.74, 6) is -0.699. The van der Waals surface area contributed by atoms with E-state index in [1.54, 1.807) is 20.0 Å². The van der Waals surface area contributed by atoms with E-state index in [1.807, 2.05) is 30.3 Å². The topological polar surface area (TPSA) is 68.5 Å². The second-order valence-corrected chi connectivity index (χ2v) is 5.44. The lowest BCUT2D eigenvalue weighted by atomic mass is 9.85. The van der Waals surface area contributed by atoms with Gasteiger partial charge in [-0.15, -0.1) is 0 Å². The quantitative estimate of drug-likeness (QED) is 0.857. The van der Waals surface area contributed by atoms with Crippen LogP contribution in [0.2, 0.25) is 0 Å². The predicted molar refractivity (Wildman–Crippen MR) is 81.1 cm³/mol. The summed E-state index contributed by atoms with van der Waals surface area (Å²) in [6.45, 7) is 1.59. The summed E-state index contributed by atoms with van der Waals surface area (Å²) in [5, 5.41) is 10.7. The van der Waals surface area contributed by atoms with Crippen LogP contribution in [0.5, 0.6) is 0 Å². The summed E-state index contributed by atoms with van der Waals surface area (Å²) in [4.78, 5) is 24.6. The molecule has 1 aliphatic heterocycles. The third-order valence-corrected chi connectivity index (χ3v) is 4.24. The fourth-order valence-corrected chi connectivity index (χ4v) is 2.84. The SMILES string of the molecule is CCC1(O)C(=O)OCc2c1cc(-c1ccccc1)n(C)c2=O. The van der Waals surface area contributed by atoms with Crippen LogP contribution in [0, 0.1) is 0 Å². The van der Waals surface area contributed by atoms with E-state index in [1.165, 1.54) is 4.57 Å². The number of carbonyl (C=O) groups excluding carboxylic acids is 1. The van der Waals surface area contributed by atoms with E-state index >= 15 is 0 Å². The molecule has 22 heavy (non-hydrogen) atoms. The molecule has 1 aromatic carbocycles. The van der Waals surface area contributed by atoms with E-state index in [4.69, 9.17) is 4.74 Å². The molecule has 0 spiro atoms. The zero-order valence-electron chi connectivity index (χ0n) is 12.5. The summed E-state index contributed by atoms with van der Waals surface area (Å²) < 4.78 is 6.51. The Morgan fingerprint density at radius 2 is 1.95 bits per heavy atom. The summed E-state index contributed by atoms with van der Waals surface area (Å²) in [7, 11) is 1.67. The number of rotatable bonds is 2. The molecule has 5 nitrogen and oxygen atoms in total. The maximum Gasteiger partial charge on any atom is 0.343 e. The van der Waals surface area contributed by atoms with Crippen molar-refractivity contribution in [3.8, 4) is 11.3 Å². The maximum absolute atomic E-state index is 12.6. The average Bonchev–Trinajstić information content (AvgIpc) is 2.55. The summed E-state index contributed by atoms with van der Waals surface area (Å²) in [5.41, 5.74) is 0.188. The van der Waals surface area contributed by atoms with Gasteiger partial charge in [0.15, 0.2) is 5.60 Å². The first-order valence-electron chi connectivity index (χ1n) is 7.17. The number of esters is 1. The number of hydrogen-bond acceptors (Lipinski definition) is 4. The van der Waals surface area contributed by atoms with Crippen LogP contribution >= 0.6 is 0 Å². The highest BCUT2D eigenvalue weighted by molar-refractivity contribution is 5.83. The molecule has 0 saturated heterocycles. The molecular weight excluding hydrogens is 282 g/mol. The van der Waals surface area contributed by atoms with E-state index in [-0.39, 0.29) is 18.6 Å². The molecule has 1 unspecified atom stereocenters. The number of carbonyl (C=O) groups is 1. The second-order valence-electron chi connectivity index (χ2n) is 5.44. The Hall–Kier alpha value is -2.40. The van der Waals surface area contributed by atoms with Gasteiger partial charge in [0, 0.05) is 12.6 Å². The van der Waals surface area contributed by atoms with Crippen LogP contribution in [0.3, 0.4) is 0 Å². The Kier molecular flexibility index (Phi) is 3.37. The van der Waals surface area contributed by atoms with Gasteiger partial charge in [0.2, 0.25) is 0 Å². The van der Waals surface area contributed by atoms with Gasteiger partial charge in [-0.2, -0.15) is 0 Å². The first-order chi connectivity index (χ1) is 10.5. The molecule has 0 fully saturated rings. The van der Waals surface area contributed by atoms with Crippen molar-refractivity contribution in [3.63, 3.8) is 0 Å². The lowest BCUT2D eigenvalue weighted by Crippen LogP contribution is -2.44. The summed E-state index contributed by atoms with van der Waals surface area (Å²) in [6.07, 6.45) is 0.153. The van der Waals surface area contributed by atoms with Crippen molar-refractivity contribution in [2.45, 2.75) is 25.6 Å². The van der Waals surface area contributed by atoms with Gasteiger partial charge in [0.25, 0.3) is 5.56 Å². The van der Waals surface area contributed by atoms with Crippen molar-refractivity contribution in [3.05, 3.63) is 57.9 Å². The molecule has 114 valence electrons. The molecule has 1 N–H and O–H groups in total. The number of cyclic esters (lactones) is 1. The zero-order chi connectivity index (χ0) is 15.9. The third-order valence-electron chi connectivity index (χ3n) is 4.24. The van der Waals surface area contributed by atoms with Crippen LogP contribution in [-0.4, -0.2) is 15.6 Å². The molecule has 5 heteroatoms. The van der Waals surface area contributed by atoms with E-state index in [0.717, 1.165) is 5.56 Å². The van der Waals surface area contributed by atoms with Gasteiger partial charge in [-0.3, -0.25) is 4.79 Å². The monoisotopic (exact) mass is 299 g/mol.